The number of ether oxygens (including phenoxy) is 3. The highest BCUT2D eigenvalue weighted by atomic mass is 16.6. The van der Waals surface area contributed by atoms with E-state index in [1.165, 1.54) is 0 Å². The maximum absolute atomic E-state index is 13.5. The molecule has 7 aliphatic rings. The Hall–Kier alpha value is -3.13. The Balaban J connectivity index is 1.16. The molecule has 12 heteroatoms. The summed E-state index contributed by atoms with van der Waals surface area (Å²) in [6.07, 6.45) is 14.9. The standard InChI is InChI=1S/C38H52N4O8/c1-6-27-34(46)42-20-24(7-10-32(42)40(27)5)17-26-18-25(35(47)50-26)8-9-28-36(3)12-11-31(44)37(4,21-43)29(36)19-30(38(28)22-49-38)39-23(2)33(45)41-13-15-48-16-14-41/h7-10,17-18,20,23,27-32,39,43-44H,6,11-16,19,21-22H2,1-5H3/b9-8+,26-17+/t23?,27?,28?,29?,30?,31-,32?,36-,37+,38?/m1/s1. The van der Waals surface area contributed by atoms with Crippen molar-refractivity contribution in [2.45, 2.75) is 89.4 Å². The molecule has 2 saturated carbocycles. The third-order valence-electron chi connectivity index (χ3n) is 13.0. The molecule has 10 atom stereocenters. The molecule has 0 aromatic heterocycles. The van der Waals surface area contributed by atoms with Crippen LogP contribution >= 0.6 is 0 Å². The van der Waals surface area contributed by atoms with Gasteiger partial charge in [0.05, 0.1) is 50.2 Å². The van der Waals surface area contributed by atoms with Crippen LogP contribution < -0.4 is 5.32 Å². The third-order valence-corrected chi connectivity index (χ3v) is 13.0. The van der Waals surface area contributed by atoms with E-state index in [1.54, 1.807) is 17.1 Å². The minimum absolute atomic E-state index is 0.0149. The van der Waals surface area contributed by atoms with Crippen molar-refractivity contribution < 1.29 is 38.8 Å². The monoisotopic (exact) mass is 692 g/mol. The van der Waals surface area contributed by atoms with E-state index in [4.69, 9.17) is 14.2 Å². The predicted molar refractivity (Wildman–Crippen MR) is 184 cm³/mol. The van der Waals surface area contributed by atoms with Crippen molar-refractivity contribution in [1.29, 1.82) is 0 Å². The lowest BCUT2D eigenvalue weighted by molar-refractivity contribution is -0.174. The first-order valence-electron chi connectivity index (χ1n) is 18.2. The Morgan fingerprint density at radius 2 is 1.96 bits per heavy atom. The minimum atomic E-state index is -0.753. The van der Waals surface area contributed by atoms with Crippen LogP contribution in [0.1, 0.15) is 53.4 Å². The van der Waals surface area contributed by atoms with E-state index in [9.17, 15) is 24.6 Å². The SMILES string of the molecule is CCC1C(=O)N2C=C(/C=C3C=C(/C=C/C4C5(CO5)C(NC(C)C(=O)N5CCOCC5)CC5[C@]4(C)CC[C@@H](O)[C@@]5(C)CO)C(=O)O\3)C=CC2N1C. The topological polar surface area (TPSA) is 144 Å². The van der Waals surface area contributed by atoms with Gasteiger partial charge in [-0.15, -0.1) is 0 Å². The molecule has 5 aliphatic heterocycles. The van der Waals surface area contributed by atoms with Crippen LogP contribution in [0.4, 0.5) is 0 Å². The van der Waals surface area contributed by atoms with E-state index >= 15 is 0 Å². The lowest BCUT2D eigenvalue weighted by Gasteiger charge is -2.62. The highest BCUT2D eigenvalue weighted by Crippen LogP contribution is 2.65. The first-order valence-corrected chi connectivity index (χ1v) is 18.2. The highest BCUT2D eigenvalue weighted by molar-refractivity contribution is 5.95. The minimum Gasteiger partial charge on any atom is -0.423 e. The zero-order chi connectivity index (χ0) is 35.6. The first-order chi connectivity index (χ1) is 23.9. The fourth-order valence-electron chi connectivity index (χ4n) is 9.89. The summed E-state index contributed by atoms with van der Waals surface area (Å²) < 4.78 is 17.5. The van der Waals surface area contributed by atoms with Gasteiger partial charge >= 0.3 is 5.97 Å². The van der Waals surface area contributed by atoms with E-state index in [-0.39, 0.29) is 53.9 Å². The van der Waals surface area contributed by atoms with E-state index < -0.39 is 29.1 Å². The maximum atomic E-state index is 13.5. The largest absolute Gasteiger partial charge is 0.423 e. The first kappa shape index (κ1) is 35.3. The molecule has 272 valence electrons. The maximum Gasteiger partial charge on any atom is 0.343 e. The summed E-state index contributed by atoms with van der Waals surface area (Å²) in [5, 5.41) is 25.6. The number of likely N-dealkylation sites (N-methyl/N-ethyl adjacent to an activating group) is 1. The van der Waals surface area contributed by atoms with Crippen molar-refractivity contribution in [1.82, 2.24) is 20.0 Å². The van der Waals surface area contributed by atoms with Gasteiger partial charge in [-0.2, -0.15) is 0 Å². The molecule has 0 radical (unpaired) electrons. The number of epoxide rings is 1. The molecule has 7 rings (SSSR count). The Morgan fingerprint density at radius 3 is 2.64 bits per heavy atom. The average molecular weight is 693 g/mol. The molecule has 0 bridgehead atoms. The van der Waals surface area contributed by atoms with Gasteiger partial charge in [-0.05, 0) is 74.8 Å². The number of nitrogens with one attached hydrogen (secondary N) is 1. The van der Waals surface area contributed by atoms with Crippen molar-refractivity contribution in [3.8, 4) is 0 Å². The molecule has 2 aliphatic carbocycles. The molecule has 5 fully saturated rings. The number of hydrogen-bond acceptors (Lipinski definition) is 10. The van der Waals surface area contributed by atoms with Crippen LogP contribution in [0.15, 0.2) is 59.6 Å². The third kappa shape index (κ3) is 5.72. The number of morpholine rings is 1. The summed E-state index contributed by atoms with van der Waals surface area (Å²) in [5.74, 6) is -0.271. The number of cyclic esters (lactones) is 1. The number of nitrogens with zero attached hydrogens (tertiary/aromatic N) is 3. The quantitative estimate of drug-likeness (QED) is 0.255. The van der Waals surface area contributed by atoms with Gasteiger partial charge in [0.15, 0.2) is 0 Å². The van der Waals surface area contributed by atoms with Gasteiger partial charge in [-0.1, -0.05) is 39.0 Å². The summed E-state index contributed by atoms with van der Waals surface area (Å²) in [6.45, 7) is 10.6. The molecule has 3 N–H and O–H groups in total. The van der Waals surface area contributed by atoms with Crippen molar-refractivity contribution >= 4 is 17.8 Å². The van der Waals surface area contributed by atoms with Gasteiger partial charge in [0.1, 0.15) is 17.5 Å². The number of aliphatic hydroxyl groups is 2. The zero-order valence-corrected chi connectivity index (χ0v) is 29.8. The Labute approximate surface area is 294 Å². The van der Waals surface area contributed by atoms with Gasteiger partial charge in [-0.25, -0.2) is 4.79 Å². The molecule has 50 heavy (non-hydrogen) atoms. The second-order valence-corrected chi connectivity index (χ2v) is 15.7. The fourth-order valence-corrected chi connectivity index (χ4v) is 9.89. The molecular formula is C38H52N4O8. The number of rotatable bonds is 8. The van der Waals surface area contributed by atoms with Crippen molar-refractivity contribution in [2.75, 3.05) is 46.6 Å². The number of esters is 1. The number of hydrogen-bond donors (Lipinski definition) is 3. The van der Waals surface area contributed by atoms with Crippen molar-refractivity contribution in [3.63, 3.8) is 0 Å². The molecule has 1 spiro atoms. The molecule has 0 aromatic carbocycles. The fraction of sp³-hybridized carbons (Fsp3) is 0.658. The van der Waals surface area contributed by atoms with Crippen LogP contribution in [0, 0.1) is 22.7 Å². The number of carbonyl (C=O) groups is 3. The predicted octanol–water partition coefficient (Wildman–Crippen LogP) is 2.01. The summed E-state index contributed by atoms with van der Waals surface area (Å²) >= 11 is 0. The number of carbonyl (C=O) groups excluding carboxylic acids is 3. The Morgan fingerprint density at radius 1 is 1.22 bits per heavy atom. The number of allylic oxidation sites excluding steroid dienone is 4. The van der Waals surface area contributed by atoms with Crippen LogP contribution in [0.2, 0.25) is 0 Å². The Kier molecular flexibility index (Phi) is 9.26. The lowest BCUT2D eigenvalue weighted by atomic mass is 9.44. The van der Waals surface area contributed by atoms with Gasteiger partial charge in [0.2, 0.25) is 11.8 Å². The zero-order valence-electron chi connectivity index (χ0n) is 29.8. The molecule has 5 heterocycles. The van der Waals surface area contributed by atoms with Crippen LogP contribution in [-0.4, -0.2) is 125 Å². The van der Waals surface area contributed by atoms with Crippen LogP contribution in [0.5, 0.6) is 0 Å². The smallest absolute Gasteiger partial charge is 0.343 e. The van der Waals surface area contributed by atoms with Crippen LogP contribution in [-0.2, 0) is 28.6 Å². The van der Waals surface area contributed by atoms with E-state index in [0.717, 1.165) is 18.4 Å². The Bertz CT molecular complexity index is 1560. The lowest BCUT2D eigenvalue weighted by Crippen LogP contribution is -2.67. The van der Waals surface area contributed by atoms with Gasteiger partial charge in [-0.3, -0.25) is 19.4 Å². The van der Waals surface area contributed by atoms with Gasteiger partial charge < -0.3 is 34.6 Å². The van der Waals surface area contributed by atoms with E-state index in [0.29, 0.717) is 57.1 Å². The van der Waals surface area contributed by atoms with E-state index in [1.807, 2.05) is 57.1 Å². The second kappa shape index (κ2) is 13.1. The number of fused-ring (bicyclic) bond motifs is 2. The highest BCUT2D eigenvalue weighted by Gasteiger charge is 2.70. The molecular weight excluding hydrogens is 640 g/mol. The van der Waals surface area contributed by atoms with E-state index in [2.05, 4.69) is 23.2 Å². The van der Waals surface area contributed by atoms with Crippen molar-refractivity contribution in [2.24, 2.45) is 22.7 Å². The molecule has 7 unspecified atom stereocenters. The average Bonchev–Trinajstić information content (AvgIpc) is 3.77. The van der Waals surface area contributed by atoms with Crippen LogP contribution in [0.25, 0.3) is 0 Å². The molecule has 0 aromatic rings. The molecule has 2 amide bonds. The number of aliphatic hydroxyl groups excluding tert-OH is 2. The molecule has 3 saturated heterocycles. The summed E-state index contributed by atoms with van der Waals surface area (Å²) in [4.78, 5) is 45.2. The van der Waals surface area contributed by atoms with Gasteiger partial charge in [0.25, 0.3) is 0 Å². The summed E-state index contributed by atoms with van der Waals surface area (Å²) in [5.41, 5.74) is -0.559. The normalized spacial score (nSPS) is 41.4. The van der Waals surface area contributed by atoms with Crippen LogP contribution in [0.3, 0.4) is 0 Å². The van der Waals surface area contributed by atoms with Crippen molar-refractivity contribution in [3.05, 3.63) is 59.6 Å². The number of amides is 2. The summed E-state index contributed by atoms with van der Waals surface area (Å²) in [6, 6.07) is -0.857. The second-order valence-electron chi connectivity index (χ2n) is 15.7. The summed E-state index contributed by atoms with van der Waals surface area (Å²) in [7, 11) is 1.95. The van der Waals surface area contributed by atoms with Gasteiger partial charge in [0, 0.05) is 36.7 Å². The molecule has 12 nitrogen and oxygen atoms in total.